The van der Waals surface area contributed by atoms with Gasteiger partial charge in [-0.2, -0.15) is 0 Å². The highest BCUT2D eigenvalue weighted by atomic mass is 19.1. The van der Waals surface area contributed by atoms with E-state index in [0.717, 1.165) is 36.3 Å². The first-order chi connectivity index (χ1) is 12.7. The van der Waals surface area contributed by atoms with Gasteiger partial charge in [-0.1, -0.05) is 19.1 Å². The van der Waals surface area contributed by atoms with Crippen LogP contribution in [0.4, 0.5) is 4.39 Å². The lowest BCUT2D eigenvalue weighted by molar-refractivity contribution is 0.193. The molecule has 1 saturated heterocycles. The van der Waals surface area contributed by atoms with Crippen molar-refractivity contribution in [2.75, 3.05) is 13.2 Å². The maximum atomic E-state index is 13.6. The van der Waals surface area contributed by atoms with E-state index in [2.05, 4.69) is 17.1 Å². The average Bonchev–Trinajstić information content (AvgIpc) is 3.28. The van der Waals surface area contributed by atoms with Gasteiger partial charge in [0.25, 0.3) is 5.56 Å². The average molecular weight is 356 g/mol. The Labute approximate surface area is 150 Å². The number of rotatable bonds is 5. The molecule has 0 unspecified atom stereocenters. The predicted octanol–water partition coefficient (Wildman–Crippen LogP) is 2.53. The summed E-state index contributed by atoms with van der Waals surface area (Å²) in [6, 6.07) is 6.33. The summed E-state index contributed by atoms with van der Waals surface area (Å²) < 4.78 is 22.6. The first kappa shape index (κ1) is 16.9. The van der Waals surface area contributed by atoms with Crippen LogP contribution in [0, 0.1) is 5.82 Å². The molecule has 1 aliphatic heterocycles. The van der Waals surface area contributed by atoms with Crippen molar-refractivity contribution in [2.24, 2.45) is 0 Å². The van der Waals surface area contributed by atoms with E-state index in [1.807, 2.05) is 16.7 Å². The van der Waals surface area contributed by atoms with Crippen LogP contribution in [0.1, 0.15) is 42.8 Å². The molecule has 1 fully saturated rings. The van der Waals surface area contributed by atoms with Gasteiger partial charge < -0.3 is 9.30 Å². The van der Waals surface area contributed by atoms with Crippen LogP contribution in [0.3, 0.4) is 0 Å². The van der Waals surface area contributed by atoms with Crippen molar-refractivity contribution in [1.29, 1.82) is 0 Å². The molecule has 4 rings (SSSR count). The summed E-state index contributed by atoms with van der Waals surface area (Å²) in [6.07, 6.45) is 4.50. The number of halogens is 1. The van der Waals surface area contributed by atoms with E-state index < -0.39 is 0 Å². The van der Waals surface area contributed by atoms with Crippen LogP contribution in [0.5, 0.6) is 0 Å². The van der Waals surface area contributed by atoms with Crippen LogP contribution >= 0.6 is 0 Å². The Hall–Kier alpha value is -2.54. The molecule has 6 nitrogen and oxygen atoms in total. The van der Waals surface area contributed by atoms with Gasteiger partial charge >= 0.3 is 0 Å². The molecule has 0 radical (unpaired) electrons. The highest BCUT2D eigenvalue weighted by Crippen LogP contribution is 2.25. The van der Waals surface area contributed by atoms with Gasteiger partial charge in [0.1, 0.15) is 11.6 Å². The van der Waals surface area contributed by atoms with E-state index in [1.165, 1.54) is 12.1 Å². The molecule has 0 saturated carbocycles. The minimum absolute atomic E-state index is 0.137. The lowest BCUT2D eigenvalue weighted by atomic mass is 10.0. The van der Waals surface area contributed by atoms with E-state index in [9.17, 15) is 9.18 Å². The van der Waals surface area contributed by atoms with Crippen molar-refractivity contribution in [3.63, 3.8) is 0 Å². The van der Waals surface area contributed by atoms with Crippen LogP contribution in [0.2, 0.25) is 0 Å². The molecule has 3 heterocycles. The number of benzene rings is 1. The van der Waals surface area contributed by atoms with Crippen molar-refractivity contribution in [3.8, 4) is 0 Å². The van der Waals surface area contributed by atoms with Gasteiger partial charge in [-0.15, -0.1) is 10.2 Å². The Kier molecular flexibility index (Phi) is 4.55. The second-order valence-corrected chi connectivity index (χ2v) is 6.70. The molecule has 7 heteroatoms. The molecule has 26 heavy (non-hydrogen) atoms. The Bertz CT molecular complexity index is 989. The Morgan fingerprint density at radius 2 is 2.23 bits per heavy atom. The molecule has 0 N–H and O–H groups in total. The van der Waals surface area contributed by atoms with Gasteiger partial charge in [0, 0.05) is 30.8 Å². The van der Waals surface area contributed by atoms with E-state index in [-0.39, 0.29) is 17.3 Å². The van der Waals surface area contributed by atoms with Crippen molar-refractivity contribution in [1.82, 2.24) is 19.2 Å². The summed E-state index contributed by atoms with van der Waals surface area (Å²) in [5.74, 6) is 0.616. The molecule has 0 amide bonds. The normalized spacial score (nSPS) is 17.2. The highest BCUT2D eigenvalue weighted by Gasteiger charge is 2.24. The van der Waals surface area contributed by atoms with E-state index in [4.69, 9.17) is 4.74 Å². The Balaban J connectivity index is 1.87. The number of fused-ring (bicyclic) bond motifs is 1. The first-order valence-corrected chi connectivity index (χ1v) is 8.97. The molecule has 1 aliphatic rings. The van der Waals surface area contributed by atoms with E-state index in [0.29, 0.717) is 25.4 Å². The van der Waals surface area contributed by atoms with Gasteiger partial charge in [-0.25, -0.2) is 4.39 Å². The second kappa shape index (κ2) is 6.99. The van der Waals surface area contributed by atoms with Crippen molar-refractivity contribution < 1.29 is 9.13 Å². The Morgan fingerprint density at radius 3 is 2.96 bits per heavy atom. The van der Waals surface area contributed by atoms with Crippen molar-refractivity contribution >= 4 is 5.65 Å². The highest BCUT2D eigenvalue weighted by molar-refractivity contribution is 5.37. The molecule has 0 bridgehead atoms. The monoisotopic (exact) mass is 356 g/mol. The van der Waals surface area contributed by atoms with Crippen LogP contribution in [0.15, 0.2) is 35.3 Å². The zero-order valence-corrected chi connectivity index (χ0v) is 14.7. The number of nitrogens with zero attached hydrogens (tertiary/aromatic N) is 4. The molecule has 0 spiro atoms. The van der Waals surface area contributed by atoms with Crippen molar-refractivity contribution in [3.05, 3.63) is 63.7 Å². The molecule has 0 aliphatic carbocycles. The molecular weight excluding hydrogens is 335 g/mol. The molecule has 3 aromatic rings. The zero-order valence-electron chi connectivity index (χ0n) is 14.7. The molecular formula is C19H21FN4O2. The summed E-state index contributed by atoms with van der Waals surface area (Å²) in [6.45, 7) is 3.63. The lowest BCUT2D eigenvalue weighted by Crippen LogP contribution is -2.28. The number of ether oxygens (including phenoxy) is 1. The maximum absolute atomic E-state index is 13.6. The second-order valence-electron chi connectivity index (χ2n) is 6.70. The van der Waals surface area contributed by atoms with Gasteiger partial charge in [0.05, 0.1) is 13.2 Å². The molecule has 1 aromatic carbocycles. The summed E-state index contributed by atoms with van der Waals surface area (Å²) in [4.78, 5) is 13.1. The van der Waals surface area contributed by atoms with E-state index >= 15 is 0 Å². The third-order valence-corrected chi connectivity index (χ3v) is 4.83. The summed E-state index contributed by atoms with van der Waals surface area (Å²) >= 11 is 0. The summed E-state index contributed by atoms with van der Waals surface area (Å²) in [7, 11) is 0. The summed E-state index contributed by atoms with van der Waals surface area (Å²) in [5.41, 5.74) is 1.74. The van der Waals surface area contributed by atoms with Crippen molar-refractivity contribution in [2.45, 2.75) is 38.6 Å². The minimum atomic E-state index is -0.310. The number of hydrogen-bond donors (Lipinski definition) is 0. The fourth-order valence-corrected chi connectivity index (χ4v) is 3.51. The molecule has 136 valence electrons. The van der Waals surface area contributed by atoms with Crippen LogP contribution in [0.25, 0.3) is 5.65 Å². The maximum Gasteiger partial charge on any atom is 0.296 e. The third kappa shape index (κ3) is 3.03. The van der Waals surface area contributed by atoms with Crippen LogP contribution in [-0.4, -0.2) is 32.4 Å². The van der Waals surface area contributed by atoms with Gasteiger partial charge in [0.2, 0.25) is 5.65 Å². The predicted molar refractivity (Wildman–Crippen MR) is 94.9 cm³/mol. The third-order valence-electron chi connectivity index (χ3n) is 4.83. The largest absolute Gasteiger partial charge is 0.381 e. The van der Waals surface area contributed by atoms with Gasteiger partial charge in [0.15, 0.2) is 0 Å². The lowest BCUT2D eigenvalue weighted by Gasteiger charge is -2.18. The standard InChI is InChI=1S/C19H21FN4O2/c1-2-4-17-21-22-18-19(25)23(10-13-5-3-6-15(20)9-13)16(11-24(17)18)14-7-8-26-12-14/h3,5-6,9,11,14H,2,4,7-8,10,12H2,1H3/t14-/m1/s1. The zero-order chi connectivity index (χ0) is 18.1. The number of aromatic nitrogens is 4. The molecule has 2 aromatic heterocycles. The van der Waals surface area contributed by atoms with Gasteiger partial charge in [-0.3, -0.25) is 9.20 Å². The number of aryl methyl sites for hydroxylation is 1. The van der Waals surface area contributed by atoms with E-state index in [1.54, 1.807) is 10.6 Å². The van der Waals surface area contributed by atoms with Gasteiger partial charge in [-0.05, 0) is 30.5 Å². The topological polar surface area (TPSA) is 61.4 Å². The minimum Gasteiger partial charge on any atom is -0.381 e. The fraction of sp³-hybridized carbons (Fsp3) is 0.421. The quantitative estimate of drug-likeness (QED) is 0.705. The summed E-state index contributed by atoms with van der Waals surface area (Å²) in [5, 5.41) is 8.28. The van der Waals surface area contributed by atoms with Crippen LogP contribution in [-0.2, 0) is 17.7 Å². The van der Waals surface area contributed by atoms with Crippen LogP contribution < -0.4 is 5.56 Å². The molecule has 1 atom stereocenters. The SMILES string of the molecule is CCCc1nnc2c(=O)n(Cc3cccc(F)c3)c([C@@H]3CCOC3)cn12. The fourth-order valence-electron chi connectivity index (χ4n) is 3.51. The first-order valence-electron chi connectivity index (χ1n) is 8.97. The Morgan fingerprint density at radius 1 is 1.35 bits per heavy atom. The number of hydrogen-bond acceptors (Lipinski definition) is 4. The smallest absolute Gasteiger partial charge is 0.296 e.